The lowest BCUT2D eigenvalue weighted by Gasteiger charge is -2.10. The Morgan fingerprint density at radius 1 is 1.17 bits per heavy atom. The van der Waals surface area contributed by atoms with E-state index in [1.54, 1.807) is 37.4 Å². The molecule has 0 atom stereocenters. The summed E-state index contributed by atoms with van der Waals surface area (Å²) in [4.78, 5) is 0. The molecule has 0 radical (unpaired) electrons. The number of ether oxygens (including phenoxy) is 2. The molecule has 0 aliphatic heterocycles. The van der Waals surface area contributed by atoms with Crippen LogP contribution in [0.4, 0.5) is 4.39 Å². The highest BCUT2D eigenvalue weighted by Gasteiger charge is 2.05. The molecule has 0 amide bonds. The van der Waals surface area contributed by atoms with E-state index in [-0.39, 0.29) is 12.4 Å². The van der Waals surface area contributed by atoms with Crippen LogP contribution in [0, 0.1) is 5.82 Å². The van der Waals surface area contributed by atoms with Crippen molar-refractivity contribution in [1.82, 2.24) is 0 Å². The zero-order valence-electron chi connectivity index (χ0n) is 9.82. The number of rotatable bonds is 4. The SMILES string of the molecule is COc1ccc(Cl)cc1COc1cccc(F)c1. The predicted octanol–water partition coefficient (Wildman–Crippen LogP) is 4.07. The maximum Gasteiger partial charge on any atom is 0.126 e. The van der Waals surface area contributed by atoms with Gasteiger partial charge in [-0.05, 0) is 30.3 Å². The number of methoxy groups -OCH3 is 1. The maximum absolute atomic E-state index is 13.0. The smallest absolute Gasteiger partial charge is 0.126 e. The van der Waals surface area contributed by atoms with E-state index >= 15 is 0 Å². The summed E-state index contributed by atoms with van der Waals surface area (Å²) in [7, 11) is 1.58. The van der Waals surface area contributed by atoms with Crippen LogP contribution in [0.25, 0.3) is 0 Å². The Kier molecular flexibility index (Phi) is 4.05. The van der Waals surface area contributed by atoms with Gasteiger partial charge in [-0.3, -0.25) is 0 Å². The van der Waals surface area contributed by atoms with Crippen LogP contribution < -0.4 is 9.47 Å². The van der Waals surface area contributed by atoms with Gasteiger partial charge in [0.25, 0.3) is 0 Å². The second-order valence-corrected chi connectivity index (χ2v) is 4.14. The van der Waals surface area contributed by atoms with Gasteiger partial charge in [-0.15, -0.1) is 0 Å². The molecule has 94 valence electrons. The van der Waals surface area contributed by atoms with Gasteiger partial charge in [0.2, 0.25) is 0 Å². The maximum atomic E-state index is 13.0. The Morgan fingerprint density at radius 3 is 2.72 bits per heavy atom. The van der Waals surface area contributed by atoms with Gasteiger partial charge in [0.1, 0.15) is 23.9 Å². The Hall–Kier alpha value is -1.74. The zero-order chi connectivity index (χ0) is 13.0. The van der Waals surface area contributed by atoms with Crippen molar-refractivity contribution in [3.63, 3.8) is 0 Å². The summed E-state index contributed by atoms with van der Waals surface area (Å²) in [6.07, 6.45) is 0. The summed E-state index contributed by atoms with van der Waals surface area (Å²) < 4.78 is 23.7. The molecule has 0 N–H and O–H groups in total. The molecule has 0 spiro atoms. The molecule has 0 aliphatic carbocycles. The van der Waals surface area contributed by atoms with Gasteiger partial charge < -0.3 is 9.47 Å². The minimum atomic E-state index is -0.328. The molecule has 18 heavy (non-hydrogen) atoms. The summed E-state index contributed by atoms with van der Waals surface area (Å²) in [5.41, 5.74) is 0.814. The molecule has 2 nitrogen and oxygen atoms in total. The van der Waals surface area contributed by atoms with Gasteiger partial charge in [0.05, 0.1) is 7.11 Å². The number of hydrogen-bond acceptors (Lipinski definition) is 2. The molecular weight excluding hydrogens is 255 g/mol. The summed E-state index contributed by atoms with van der Waals surface area (Å²) in [5.74, 6) is 0.832. The van der Waals surface area contributed by atoms with Crippen LogP contribution in [0.2, 0.25) is 5.02 Å². The summed E-state index contributed by atoms with van der Waals surface area (Å²) in [5, 5.41) is 0.605. The van der Waals surface area contributed by atoms with E-state index in [0.717, 1.165) is 5.56 Å². The number of hydrogen-bond donors (Lipinski definition) is 0. The molecule has 0 fully saturated rings. The van der Waals surface area contributed by atoms with Crippen LogP contribution >= 0.6 is 11.6 Å². The standard InChI is InChI=1S/C14H12ClFO2/c1-17-14-6-5-11(15)7-10(14)9-18-13-4-2-3-12(16)8-13/h2-8H,9H2,1H3. The second-order valence-electron chi connectivity index (χ2n) is 3.70. The van der Waals surface area contributed by atoms with E-state index in [0.29, 0.717) is 16.5 Å². The molecule has 0 unspecified atom stereocenters. The highest BCUT2D eigenvalue weighted by atomic mass is 35.5. The van der Waals surface area contributed by atoms with Crippen molar-refractivity contribution < 1.29 is 13.9 Å². The van der Waals surface area contributed by atoms with Gasteiger partial charge in [-0.2, -0.15) is 0 Å². The molecule has 2 aromatic carbocycles. The summed E-state index contributed by atoms with van der Waals surface area (Å²) >= 11 is 5.91. The third kappa shape index (κ3) is 3.14. The van der Waals surface area contributed by atoms with Crippen molar-refractivity contribution >= 4 is 11.6 Å². The average Bonchev–Trinajstić information content (AvgIpc) is 2.37. The normalized spacial score (nSPS) is 10.2. The van der Waals surface area contributed by atoms with Crippen molar-refractivity contribution in [2.45, 2.75) is 6.61 Å². The molecule has 0 heterocycles. The number of halogens is 2. The summed E-state index contributed by atoms with van der Waals surface area (Å²) in [6.45, 7) is 0.271. The molecule has 2 aromatic rings. The first kappa shape index (κ1) is 12.7. The van der Waals surface area contributed by atoms with Crippen LogP contribution in [-0.4, -0.2) is 7.11 Å². The zero-order valence-corrected chi connectivity index (χ0v) is 10.6. The van der Waals surface area contributed by atoms with Crippen LogP contribution in [-0.2, 0) is 6.61 Å². The Labute approximate surface area is 110 Å². The highest BCUT2D eigenvalue weighted by molar-refractivity contribution is 6.30. The average molecular weight is 267 g/mol. The number of benzene rings is 2. The predicted molar refractivity (Wildman–Crippen MR) is 68.7 cm³/mol. The third-order valence-electron chi connectivity index (χ3n) is 2.43. The van der Waals surface area contributed by atoms with Crippen molar-refractivity contribution in [3.05, 3.63) is 58.9 Å². The molecule has 0 bridgehead atoms. The lowest BCUT2D eigenvalue weighted by atomic mass is 10.2. The van der Waals surface area contributed by atoms with Crippen molar-refractivity contribution in [3.8, 4) is 11.5 Å². The van der Waals surface area contributed by atoms with E-state index in [2.05, 4.69) is 0 Å². The van der Waals surface area contributed by atoms with Gasteiger partial charge in [0.15, 0.2) is 0 Å². The minimum Gasteiger partial charge on any atom is -0.496 e. The van der Waals surface area contributed by atoms with Crippen LogP contribution in [0.5, 0.6) is 11.5 Å². The fraction of sp³-hybridized carbons (Fsp3) is 0.143. The minimum absolute atomic E-state index is 0.271. The van der Waals surface area contributed by atoms with Gasteiger partial charge >= 0.3 is 0 Å². The van der Waals surface area contributed by atoms with E-state index < -0.39 is 0 Å². The van der Waals surface area contributed by atoms with Gasteiger partial charge in [-0.25, -0.2) is 4.39 Å². The lowest BCUT2D eigenvalue weighted by Crippen LogP contribution is -1.99. The third-order valence-corrected chi connectivity index (χ3v) is 2.67. The first-order valence-electron chi connectivity index (χ1n) is 5.40. The Bertz CT molecular complexity index is 543. The molecular formula is C14H12ClFO2. The van der Waals surface area contributed by atoms with Gasteiger partial charge in [-0.1, -0.05) is 17.7 Å². The first-order valence-corrected chi connectivity index (χ1v) is 5.77. The molecule has 0 aliphatic rings. The van der Waals surface area contributed by atoms with Crippen LogP contribution in [0.3, 0.4) is 0 Å². The Morgan fingerprint density at radius 2 is 2.00 bits per heavy atom. The molecule has 0 aromatic heterocycles. The fourth-order valence-corrected chi connectivity index (χ4v) is 1.77. The molecule has 0 saturated carbocycles. The van der Waals surface area contributed by atoms with E-state index in [4.69, 9.17) is 21.1 Å². The lowest BCUT2D eigenvalue weighted by molar-refractivity contribution is 0.295. The monoisotopic (exact) mass is 266 g/mol. The Balaban J connectivity index is 2.12. The van der Waals surface area contributed by atoms with Crippen molar-refractivity contribution in [1.29, 1.82) is 0 Å². The quantitative estimate of drug-likeness (QED) is 0.831. The topological polar surface area (TPSA) is 18.5 Å². The largest absolute Gasteiger partial charge is 0.496 e. The van der Waals surface area contributed by atoms with Crippen LogP contribution in [0.15, 0.2) is 42.5 Å². The highest BCUT2D eigenvalue weighted by Crippen LogP contribution is 2.24. The van der Waals surface area contributed by atoms with E-state index in [1.165, 1.54) is 12.1 Å². The van der Waals surface area contributed by atoms with Crippen LogP contribution in [0.1, 0.15) is 5.56 Å². The first-order chi connectivity index (χ1) is 8.69. The molecule has 4 heteroatoms. The van der Waals surface area contributed by atoms with Crippen molar-refractivity contribution in [2.75, 3.05) is 7.11 Å². The second kappa shape index (κ2) is 5.74. The fourth-order valence-electron chi connectivity index (χ4n) is 1.58. The van der Waals surface area contributed by atoms with Gasteiger partial charge in [0, 0.05) is 16.7 Å². The van der Waals surface area contributed by atoms with Crippen molar-refractivity contribution in [2.24, 2.45) is 0 Å². The van der Waals surface area contributed by atoms with E-state index in [1.807, 2.05) is 0 Å². The summed E-state index contributed by atoms with van der Waals surface area (Å²) in [6, 6.07) is 11.3. The van der Waals surface area contributed by atoms with E-state index in [9.17, 15) is 4.39 Å². The molecule has 0 saturated heterocycles. The molecule has 2 rings (SSSR count).